The highest BCUT2D eigenvalue weighted by Gasteiger charge is 2.18. The summed E-state index contributed by atoms with van der Waals surface area (Å²) in [7, 11) is 0. The van der Waals surface area contributed by atoms with Crippen LogP contribution in [0.1, 0.15) is 6.92 Å². The molecule has 2 nitrogen and oxygen atoms in total. The number of hydrogen-bond acceptors (Lipinski definition) is 3. The van der Waals surface area contributed by atoms with E-state index < -0.39 is 0 Å². The molecule has 0 aromatic carbocycles. The zero-order valence-corrected chi connectivity index (χ0v) is 6.82. The van der Waals surface area contributed by atoms with E-state index in [2.05, 4.69) is 11.2 Å². The van der Waals surface area contributed by atoms with Crippen LogP contribution in [-0.2, 0) is 0 Å². The normalized spacial score (nSPS) is 17.8. The minimum Gasteiger partial charge on any atom is -0.242 e. The van der Waals surface area contributed by atoms with Gasteiger partial charge < -0.3 is 0 Å². The van der Waals surface area contributed by atoms with E-state index in [4.69, 9.17) is 5.26 Å². The maximum Gasteiger partial charge on any atom is 0.0912 e. The Morgan fingerprint density at radius 1 is 1.80 bits per heavy atom. The van der Waals surface area contributed by atoms with Gasteiger partial charge in [0.25, 0.3) is 0 Å². The highest BCUT2D eigenvalue weighted by molar-refractivity contribution is 7.97. The first-order valence-electron chi connectivity index (χ1n) is 3.32. The van der Waals surface area contributed by atoms with E-state index in [-0.39, 0.29) is 0 Å². The van der Waals surface area contributed by atoms with E-state index in [1.807, 2.05) is 18.0 Å². The molecule has 1 heterocycles. The lowest BCUT2D eigenvalue weighted by molar-refractivity contribution is 0.448. The molecule has 0 amide bonds. The van der Waals surface area contributed by atoms with Gasteiger partial charge in [0, 0.05) is 24.9 Å². The highest BCUT2D eigenvalue weighted by Crippen LogP contribution is 2.22. The Labute approximate surface area is 65.6 Å². The fraction of sp³-hybridized carbons (Fsp3) is 0.571. The molecule has 3 heteroatoms. The third kappa shape index (κ3) is 1.76. The largest absolute Gasteiger partial charge is 0.242 e. The number of rotatable bonds is 2. The summed E-state index contributed by atoms with van der Waals surface area (Å²) in [6, 6.07) is 2.03. The first kappa shape index (κ1) is 7.64. The Morgan fingerprint density at radius 3 is 3.00 bits per heavy atom. The molecule has 0 aliphatic carbocycles. The summed E-state index contributed by atoms with van der Waals surface area (Å²) in [6.07, 6.45) is 1.65. The summed E-state index contributed by atoms with van der Waals surface area (Å²) >= 11 is 1.83. The van der Waals surface area contributed by atoms with Crippen molar-refractivity contribution >= 4 is 11.9 Å². The van der Waals surface area contributed by atoms with Crippen molar-refractivity contribution < 1.29 is 0 Å². The molecular weight excluding hydrogens is 144 g/mol. The van der Waals surface area contributed by atoms with Gasteiger partial charge in [-0.25, -0.2) is 4.31 Å². The van der Waals surface area contributed by atoms with E-state index >= 15 is 0 Å². The third-order valence-electron chi connectivity index (χ3n) is 1.34. The molecule has 0 N–H and O–H groups in total. The minimum atomic E-state index is 0.978. The second-order valence-corrected chi connectivity index (χ2v) is 3.50. The Morgan fingerprint density at radius 2 is 2.50 bits per heavy atom. The first-order valence-corrected chi connectivity index (χ1v) is 4.26. The SMILES string of the molecule is CCSN1CC(=CC#N)C1. The van der Waals surface area contributed by atoms with Crippen LogP contribution < -0.4 is 0 Å². The lowest BCUT2D eigenvalue weighted by Crippen LogP contribution is -2.34. The second kappa shape index (κ2) is 3.65. The minimum absolute atomic E-state index is 0.978. The van der Waals surface area contributed by atoms with Crippen molar-refractivity contribution in [2.75, 3.05) is 18.8 Å². The molecule has 0 spiro atoms. The Balaban J connectivity index is 2.19. The van der Waals surface area contributed by atoms with Crippen LogP contribution in [0.25, 0.3) is 0 Å². The molecule has 0 radical (unpaired) electrons. The lowest BCUT2D eigenvalue weighted by atomic mass is 10.1. The molecule has 0 unspecified atom stereocenters. The maximum atomic E-state index is 8.27. The van der Waals surface area contributed by atoms with Crippen LogP contribution in [0.15, 0.2) is 11.6 Å². The average Bonchev–Trinajstić information content (AvgIpc) is 1.84. The van der Waals surface area contributed by atoms with Gasteiger partial charge in [0.2, 0.25) is 0 Å². The number of nitrogens with zero attached hydrogens (tertiary/aromatic N) is 2. The quantitative estimate of drug-likeness (QED) is 0.444. The molecule has 0 aromatic rings. The van der Waals surface area contributed by atoms with Crippen molar-refractivity contribution in [3.05, 3.63) is 11.6 Å². The van der Waals surface area contributed by atoms with Gasteiger partial charge in [-0.05, 0) is 5.57 Å². The van der Waals surface area contributed by atoms with Crippen molar-refractivity contribution in [3.63, 3.8) is 0 Å². The monoisotopic (exact) mass is 154 g/mol. The number of allylic oxidation sites excluding steroid dienone is 1. The fourth-order valence-corrected chi connectivity index (χ4v) is 1.74. The summed E-state index contributed by atoms with van der Waals surface area (Å²) in [6.45, 7) is 4.09. The smallest absolute Gasteiger partial charge is 0.0912 e. The summed E-state index contributed by atoms with van der Waals surface area (Å²) in [4.78, 5) is 0. The molecular formula is C7H10N2S. The van der Waals surface area contributed by atoms with Crippen molar-refractivity contribution in [1.29, 1.82) is 5.26 Å². The fourth-order valence-electron chi connectivity index (χ4n) is 0.863. The average molecular weight is 154 g/mol. The first-order chi connectivity index (χ1) is 4.86. The van der Waals surface area contributed by atoms with Gasteiger partial charge in [0.1, 0.15) is 0 Å². The molecule has 10 heavy (non-hydrogen) atoms. The van der Waals surface area contributed by atoms with E-state index in [1.54, 1.807) is 6.08 Å². The van der Waals surface area contributed by atoms with E-state index in [0.717, 1.165) is 18.8 Å². The molecule has 0 bridgehead atoms. The van der Waals surface area contributed by atoms with Gasteiger partial charge in [-0.3, -0.25) is 0 Å². The summed E-state index contributed by atoms with van der Waals surface area (Å²) in [5.41, 5.74) is 1.25. The van der Waals surface area contributed by atoms with Gasteiger partial charge in [-0.1, -0.05) is 18.9 Å². The second-order valence-electron chi connectivity index (χ2n) is 2.15. The topological polar surface area (TPSA) is 27.0 Å². The predicted octanol–water partition coefficient (Wildman–Crippen LogP) is 1.42. The Hall–Kier alpha value is -0.460. The molecule has 1 fully saturated rings. The molecule has 1 saturated heterocycles. The molecule has 1 aliphatic rings. The van der Waals surface area contributed by atoms with Crippen molar-refractivity contribution in [3.8, 4) is 6.07 Å². The molecule has 1 rings (SSSR count). The van der Waals surface area contributed by atoms with Gasteiger partial charge in [-0.2, -0.15) is 5.26 Å². The predicted molar refractivity (Wildman–Crippen MR) is 43.4 cm³/mol. The van der Waals surface area contributed by atoms with Gasteiger partial charge in [0.15, 0.2) is 0 Å². The summed E-state index contributed by atoms with van der Waals surface area (Å²) in [5, 5.41) is 8.27. The summed E-state index contributed by atoms with van der Waals surface area (Å²) < 4.78 is 2.25. The lowest BCUT2D eigenvalue weighted by Gasteiger charge is -2.31. The Kier molecular flexibility index (Phi) is 2.79. The third-order valence-corrected chi connectivity index (χ3v) is 2.22. The zero-order valence-electron chi connectivity index (χ0n) is 6.00. The van der Waals surface area contributed by atoms with Crippen molar-refractivity contribution in [2.45, 2.75) is 6.92 Å². The van der Waals surface area contributed by atoms with Crippen LogP contribution in [0, 0.1) is 11.3 Å². The molecule has 0 saturated carbocycles. The summed E-state index contributed by atoms with van der Waals surface area (Å²) in [5.74, 6) is 1.12. The zero-order chi connectivity index (χ0) is 7.40. The molecule has 0 aromatic heterocycles. The van der Waals surface area contributed by atoms with Gasteiger partial charge in [0.05, 0.1) is 6.07 Å². The van der Waals surface area contributed by atoms with Crippen LogP contribution in [-0.4, -0.2) is 23.1 Å². The van der Waals surface area contributed by atoms with Crippen molar-refractivity contribution in [1.82, 2.24) is 4.31 Å². The number of nitriles is 1. The van der Waals surface area contributed by atoms with Gasteiger partial charge in [-0.15, -0.1) is 0 Å². The maximum absolute atomic E-state index is 8.27. The highest BCUT2D eigenvalue weighted by atomic mass is 32.2. The molecule has 54 valence electrons. The van der Waals surface area contributed by atoms with E-state index in [1.165, 1.54) is 5.57 Å². The molecule has 1 aliphatic heterocycles. The van der Waals surface area contributed by atoms with Crippen LogP contribution in [0.5, 0.6) is 0 Å². The standard InChI is InChI=1S/C7H10N2S/c1-2-10-9-5-7(6-9)3-4-8/h3H,2,5-6H2,1H3. The van der Waals surface area contributed by atoms with Crippen LogP contribution in [0.2, 0.25) is 0 Å². The van der Waals surface area contributed by atoms with Crippen molar-refractivity contribution in [2.24, 2.45) is 0 Å². The van der Waals surface area contributed by atoms with Crippen LogP contribution in [0.4, 0.5) is 0 Å². The number of hydrogen-bond donors (Lipinski definition) is 0. The Bertz CT molecular complexity index is 173. The van der Waals surface area contributed by atoms with E-state index in [0.29, 0.717) is 0 Å². The van der Waals surface area contributed by atoms with E-state index in [9.17, 15) is 0 Å². The van der Waals surface area contributed by atoms with Crippen LogP contribution >= 0.6 is 11.9 Å². The van der Waals surface area contributed by atoms with Gasteiger partial charge >= 0.3 is 0 Å². The molecule has 0 atom stereocenters. The van der Waals surface area contributed by atoms with Crippen LogP contribution in [0.3, 0.4) is 0 Å².